The molecule has 1 rings (SSSR count). The van der Waals surface area contributed by atoms with Gasteiger partial charge in [-0.2, -0.15) is 0 Å². The molecule has 1 heterocycles. The van der Waals surface area contributed by atoms with E-state index in [1.807, 2.05) is 0 Å². The van der Waals surface area contributed by atoms with Gasteiger partial charge in [0.25, 0.3) is 0 Å². The smallest absolute Gasteiger partial charge is 0.307 e. The molecule has 0 aliphatic rings. The van der Waals surface area contributed by atoms with Gasteiger partial charge in [-0.15, -0.1) is 0 Å². The Labute approximate surface area is 87.4 Å². The Morgan fingerprint density at radius 1 is 1.53 bits per heavy atom. The minimum atomic E-state index is -0.340. The van der Waals surface area contributed by atoms with E-state index in [4.69, 9.17) is 4.42 Å². The van der Waals surface area contributed by atoms with Gasteiger partial charge < -0.3 is 14.5 Å². The fourth-order valence-electron chi connectivity index (χ4n) is 1.04. The van der Waals surface area contributed by atoms with Crippen LogP contribution in [0, 0.1) is 0 Å². The summed E-state index contributed by atoms with van der Waals surface area (Å²) in [6.45, 7) is 0.284. The second-order valence-corrected chi connectivity index (χ2v) is 2.93. The van der Waals surface area contributed by atoms with Crippen LogP contribution in [0.2, 0.25) is 0 Å². The summed E-state index contributed by atoms with van der Waals surface area (Å²) in [4.78, 5) is 22.0. The standard InChI is InChI=1S/C10H13NO4/c1-14-10(13)4-5-11-9(12)7-8-3-2-6-15-8/h2-3,6H,4-5,7H2,1H3,(H,11,12). The Kier molecular flexibility index (Phi) is 4.40. The minimum absolute atomic E-state index is 0.172. The van der Waals surface area contributed by atoms with Gasteiger partial charge in [-0.25, -0.2) is 0 Å². The van der Waals surface area contributed by atoms with Gasteiger partial charge in [0.1, 0.15) is 5.76 Å². The largest absolute Gasteiger partial charge is 0.469 e. The first-order chi connectivity index (χ1) is 7.22. The zero-order valence-corrected chi connectivity index (χ0v) is 8.49. The summed E-state index contributed by atoms with van der Waals surface area (Å²) < 4.78 is 9.43. The molecule has 0 atom stereocenters. The number of hydrogen-bond donors (Lipinski definition) is 1. The van der Waals surface area contributed by atoms with Gasteiger partial charge >= 0.3 is 5.97 Å². The molecule has 1 aromatic heterocycles. The maximum Gasteiger partial charge on any atom is 0.307 e. The van der Waals surface area contributed by atoms with Gasteiger partial charge in [0.2, 0.25) is 5.91 Å². The molecular formula is C10H13NO4. The Balaban J connectivity index is 2.17. The molecule has 5 heteroatoms. The third-order valence-corrected chi connectivity index (χ3v) is 1.79. The second kappa shape index (κ2) is 5.85. The molecule has 0 bridgehead atoms. The SMILES string of the molecule is COC(=O)CCNC(=O)Cc1ccco1. The number of ether oxygens (including phenoxy) is 1. The first-order valence-corrected chi connectivity index (χ1v) is 4.58. The third-order valence-electron chi connectivity index (χ3n) is 1.79. The van der Waals surface area contributed by atoms with E-state index < -0.39 is 0 Å². The van der Waals surface area contributed by atoms with Crippen molar-refractivity contribution in [1.82, 2.24) is 5.32 Å². The normalized spacial score (nSPS) is 9.67. The maximum atomic E-state index is 11.3. The van der Waals surface area contributed by atoms with Gasteiger partial charge in [0.05, 0.1) is 26.2 Å². The lowest BCUT2D eigenvalue weighted by atomic mass is 10.3. The number of esters is 1. The highest BCUT2D eigenvalue weighted by molar-refractivity contribution is 5.78. The van der Waals surface area contributed by atoms with E-state index in [0.717, 1.165) is 0 Å². The van der Waals surface area contributed by atoms with Crippen LogP contribution in [0.15, 0.2) is 22.8 Å². The van der Waals surface area contributed by atoms with Crippen LogP contribution in [-0.2, 0) is 20.7 Å². The fourth-order valence-corrected chi connectivity index (χ4v) is 1.04. The number of furan rings is 1. The van der Waals surface area contributed by atoms with Crippen molar-refractivity contribution in [3.05, 3.63) is 24.2 Å². The quantitative estimate of drug-likeness (QED) is 0.720. The van der Waals surface area contributed by atoms with Crippen LogP contribution < -0.4 is 5.32 Å². The zero-order valence-electron chi connectivity index (χ0n) is 8.49. The topological polar surface area (TPSA) is 68.5 Å². The summed E-state index contributed by atoms with van der Waals surface area (Å²) in [6.07, 6.45) is 1.88. The molecule has 0 aliphatic heterocycles. The molecule has 0 radical (unpaired) electrons. The number of nitrogens with one attached hydrogen (secondary N) is 1. The van der Waals surface area contributed by atoms with Crippen molar-refractivity contribution in [3.63, 3.8) is 0 Å². The Bertz CT molecular complexity index is 318. The van der Waals surface area contributed by atoms with E-state index in [-0.39, 0.29) is 31.3 Å². The fraction of sp³-hybridized carbons (Fsp3) is 0.400. The first kappa shape index (κ1) is 11.3. The first-order valence-electron chi connectivity index (χ1n) is 4.58. The highest BCUT2D eigenvalue weighted by Gasteiger charge is 2.06. The number of hydrogen-bond acceptors (Lipinski definition) is 4. The predicted molar refractivity (Wildman–Crippen MR) is 52.1 cm³/mol. The molecule has 0 aliphatic carbocycles. The number of rotatable bonds is 5. The van der Waals surface area contributed by atoms with Gasteiger partial charge in [-0.05, 0) is 12.1 Å². The summed E-state index contributed by atoms with van der Waals surface area (Å²) >= 11 is 0. The van der Waals surface area contributed by atoms with Crippen LogP contribution in [0.4, 0.5) is 0 Å². The van der Waals surface area contributed by atoms with Crippen LogP contribution in [0.3, 0.4) is 0 Å². The van der Waals surface area contributed by atoms with Crippen molar-refractivity contribution >= 4 is 11.9 Å². The van der Waals surface area contributed by atoms with E-state index in [1.165, 1.54) is 13.4 Å². The lowest BCUT2D eigenvalue weighted by Gasteiger charge is -2.02. The van der Waals surface area contributed by atoms with Gasteiger partial charge in [-0.3, -0.25) is 9.59 Å². The van der Waals surface area contributed by atoms with E-state index in [2.05, 4.69) is 10.1 Å². The molecule has 0 aromatic carbocycles. The molecule has 0 unspecified atom stereocenters. The molecule has 0 fully saturated rings. The monoisotopic (exact) mass is 211 g/mol. The summed E-state index contributed by atoms with van der Waals surface area (Å²) in [7, 11) is 1.31. The predicted octanol–water partition coefficient (Wildman–Crippen LogP) is 0.501. The van der Waals surface area contributed by atoms with E-state index >= 15 is 0 Å². The van der Waals surface area contributed by atoms with Crippen LogP contribution in [0.1, 0.15) is 12.2 Å². The average Bonchev–Trinajstić information content (AvgIpc) is 2.70. The summed E-state index contributed by atoms with van der Waals surface area (Å²) in [5.41, 5.74) is 0. The van der Waals surface area contributed by atoms with Crippen LogP contribution in [-0.4, -0.2) is 25.5 Å². The van der Waals surface area contributed by atoms with Crippen molar-refractivity contribution in [2.45, 2.75) is 12.8 Å². The molecule has 1 N–H and O–H groups in total. The lowest BCUT2D eigenvalue weighted by molar-refractivity contribution is -0.140. The molecule has 1 aromatic rings. The van der Waals surface area contributed by atoms with Gasteiger partial charge in [0.15, 0.2) is 0 Å². The van der Waals surface area contributed by atoms with E-state index in [0.29, 0.717) is 5.76 Å². The Morgan fingerprint density at radius 2 is 2.33 bits per heavy atom. The third kappa shape index (κ3) is 4.30. The number of amides is 1. The lowest BCUT2D eigenvalue weighted by Crippen LogP contribution is -2.27. The number of carbonyl (C=O) groups is 2. The minimum Gasteiger partial charge on any atom is -0.469 e. The highest BCUT2D eigenvalue weighted by atomic mass is 16.5. The van der Waals surface area contributed by atoms with Crippen molar-refractivity contribution in [2.24, 2.45) is 0 Å². The number of methoxy groups -OCH3 is 1. The van der Waals surface area contributed by atoms with E-state index in [1.54, 1.807) is 12.1 Å². The Hall–Kier alpha value is -1.78. The summed E-state index contributed by atoms with van der Waals surface area (Å²) in [6, 6.07) is 3.44. The molecule has 15 heavy (non-hydrogen) atoms. The average molecular weight is 211 g/mol. The number of carbonyl (C=O) groups excluding carboxylic acids is 2. The summed E-state index contributed by atoms with van der Waals surface area (Å²) in [5.74, 6) is 0.0905. The molecule has 0 saturated carbocycles. The second-order valence-electron chi connectivity index (χ2n) is 2.93. The molecule has 1 amide bonds. The molecular weight excluding hydrogens is 198 g/mol. The van der Waals surface area contributed by atoms with Gasteiger partial charge in [0, 0.05) is 6.54 Å². The highest BCUT2D eigenvalue weighted by Crippen LogP contribution is 2.00. The van der Waals surface area contributed by atoms with Gasteiger partial charge in [-0.1, -0.05) is 0 Å². The van der Waals surface area contributed by atoms with Crippen molar-refractivity contribution in [3.8, 4) is 0 Å². The zero-order chi connectivity index (χ0) is 11.1. The molecule has 5 nitrogen and oxygen atoms in total. The van der Waals surface area contributed by atoms with Crippen LogP contribution >= 0.6 is 0 Å². The molecule has 0 saturated heterocycles. The van der Waals surface area contributed by atoms with E-state index in [9.17, 15) is 9.59 Å². The molecule has 82 valence electrons. The van der Waals surface area contributed by atoms with Crippen molar-refractivity contribution < 1.29 is 18.7 Å². The maximum absolute atomic E-state index is 11.3. The Morgan fingerprint density at radius 3 is 2.93 bits per heavy atom. The van der Waals surface area contributed by atoms with Crippen molar-refractivity contribution in [2.75, 3.05) is 13.7 Å². The van der Waals surface area contributed by atoms with Crippen molar-refractivity contribution in [1.29, 1.82) is 0 Å². The summed E-state index contributed by atoms with van der Waals surface area (Å²) in [5, 5.41) is 2.59. The molecule has 0 spiro atoms. The van der Waals surface area contributed by atoms with Crippen LogP contribution in [0.25, 0.3) is 0 Å². The van der Waals surface area contributed by atoms with Crippen LogP contribution in [0.5, 0.6) is 0 Å².